The van der Waals surface area contributed by atoms with E-state index in [0.717, 1.165) is 51.4 Å². The smallest absolute Gasteiger partial charge is 0.306 e. The van der Waals surface area contributed by atoms with Gasteiger partial charge in [0.15, 0.2) is 0 Å². The number of esters is 1. The molecule has 0 aromatic heterocycles. The van der Waals surface area contributed by atoms with E-state index in [1.165, 1.54) is 173 Å². The predicted molar refractivity (Wildman–Crippen MR) is 241 cm³/mol. The van der Waals surface area contributed by atoms with Crippen LogP contribution in [0.3, 0.4) is 0 Å². The van der Waals surface area contributed by atoms with E-state index in [1.54, 1.807) is 0 Å². The van der Waals surface area contributed by atoms with Crippen molar-refractivity contribution in [3.63, 3.8) is 0 Å². The largest absolute Gasteiger partial charge is 0.462 e. The van der Waals surface area contributed by atoms with Gasteiger partial charge in [0.05, 0.1) is 25.2 Å². The van der Waals surface area contributed by atoms with Crippen LogP contribution in [-0.4, -0.2) is 46.9 Å². The molecule has 56 heavy (non-hydrogen) atoms. The third-order valence-corrected chi connectivity index (χ3v) is 11.6. The van der Waals surface area contributed by atoms with Gasteiger partial charge in [-0.15, -0.1) is 0 Å². The third-order valence-electron chi connectivity index (χ3n) is 11.6. The predicted octanol–water partition coefficient (Wildman–Crippen LogP) is 14.6. The Kier molecular flexibility index (Phi) is 43.6. The van der Waals surface area contributed by atoms with Gasteiger partial charge >= 0.3 is 5.97 Å². The fraction of sp³-hybridized carbons (Fsp3) is 0.920. The Bertz CT molecular complexity index is 847. The van der Waals surface area contributed by atoms with E-state index in [-0.39, 0.29) is 24.9 Å². The SMILES string of the molecule is CCCCCCCC/C=C\CCCC(CC(=O)NC(CO)C(O)CCCCCCCCCCCCCCCCC)OC(=O)CCCCCCCCCCCCC. The molecule has 0 fully saturated rings. The molecule has 0 aliphatic carbocycles. The van der Waals surface area contributed by atoms with Gasteiger partial charge < -0.3 is 20.3 Å². The van der Waals surface area contributed by atoms with Crippen molar-refractivity contribution in [2.24, 2.45) is 0 Å². The molecule has 332 valence electrons. The van der Waals surface area contributed by atoms with E-state index >= 15 is 0 Å². The van der Waals surface area contributed by atoms with Gasteiger partial charge in [-0.05, 0) is 44.9 Å². The van der Waals surface area contributed by atoms with Crippen LogP contribution in [0.25, 0.3) is 0 Å². The van der Waals surface area contributed by atoms with Crippen molar-refractivity contribution in [2.45, 2.75) is 289 Å². The summed E-state index contributed by atoms with van der Waals surface area (Å²) in [6, 6.07) is -0.702. The molecule has 0 bridgehead atoms. The first-order chi connectivity index (χ1) is 27.5. The lowest BCUT2D eigenvalue weighted by molar-refractivity contribution is -0.151. The van der Waals surface area contributed by atoms with Gasteiger partial charge in [0.25, 0.3) is 0 Å². The van der Waals surface area contributed by atoms with Crippen LogP contribution < -0.4 is 5.32 Å². The minimum Gasteiger partial charge on any atom is -0.462 e. The van der Waals surface area contributed by atoms with E-state index < -0.39 is 18.2 Å². The minimum atomic E-state index is -0.787. The Labute approximate surface area is 349 Å². The molecular formula is C50H97NO5. The van der Waals surface area contributed by atoms with Gasteiger partial charge in [-0.3, -0.25) is 9.59 Å². The van der Waals surface area contributed by atoms with Crippen LogP contribution in [0.5, 0.6) is 0 Å². The van der Waals surface area contributed by atoms with E-state index in [2.05, 4.69) is 38.2 Å². The molecule has 0 saturated heterocycles. The summed E-state index contributed by atoms with van der Waals surface area (Å²) in [6.07, 6.45) is 48.4. The van der Waals surface area contributed by atoms with Crippen LogP contribution in [0.15, 0.2) is 12.2 Å². The molecule has 3 N–H and O–H groups in total. The second-order valence-electron chi connectivity index (χ2n) is 17.2. The Hall–Kier alpha value is -1.40. The fourth-order valence-corrected chi connectivity index (χ4v) is 7.78. The molecule has 1 amide bonds. The topological polar surface area (TPSA) is 95.9 Å². The van der Waals surface area contributed by atoms with Gasteiger partial charge in [0, 0.05) is 6.42 Å². The highest BCUT2D eigenvalue weighted by molar-refractivity contribution is 5.77. The second-order valence-corrected chi connectivity index (χ2v) is 17.2. The summed E-state index contributed by atoms with van der Waals surface area (Å²) in [4.78, 5) is 26.0. The summed E-state index contributed by atoms with van der Waals surface area (Å²) in [5.41, 5.74) is 0. The normalized spacial score (nSPS) is 13.3. The van der Waals surface area contributed by atoms with Crippen molar-refractivity contribution in [3.05, 3.63) is 12.2 Å². The number of aliphatic hydroxyl groups excluding tert-OH is 2. The molecule has 3 atom stereocenters. The zero-order chi connectivity index (χ0) is 41.0. The fourth-order valence-electron chi connectivity index (χ4n) is 7.78. The Morgan fingerprint density at radius 3 is 1.30 bits per heavy atom. The van der Waals surface area contributed by atoms with Gasteiger partial charge in [0.1, 0.15) is 6.10 Å². The number of ether oxygens (including phenoxy) is 1. The van der Waals surface area contributed by atoms with Crippen LogP contribution >= 0.6 is 0 Å². The first-order valence-electron chi connectivity index (χ1n) is 24.9. The highest BCUT2D eigenvalue weighted by atomic mass is 16.5. The van der Waals surface area contributed by atoms with Gasteiger partial charge in [-0.1, -0.05) is 226 Å². The summed E-state index contributed by atoms with van der Waals surface area (Å²) in [5.74, 6) is -0.491. The maximum atomic E-state index is 13.1. The number of carbonyl (C=O) groups is 2. The average Bonchev–Trinajstić information content (AvgIpc) is 3.19. The molecule has 0 rings (SSSR count). The minimum absolute atomic E-state index is 0.0631. The summed E-state index contributed by atoms with van der Waals surface area (Å²) in [5, 5.41) is 23.7. The maximum Gasteiger partial charge on any atom is 0.306 e. The van der Waals surface area contributed by atoms with E-state index in [4.69, 9.17) is 4.74 Å². The third kappa shape index (κ3) is 39.4. The van der Waals surface area contributed by atoms with Crippen molar-refractivity contribution < 1.29 is 24.5 Å². The molecule has 3 unspecified atom stereocenters. The number of amides is 1. The highest BCUT2D eigenvalue weighted by Gasteiger charge is 2.24. The molecule has 6 nitrogen and oxygen atoms in total. The van der Waals surface area contributed by atoms with Crippen LogP contribution in [-0.2, 0) is 14.3 Å². The van der Waals surface area contributed by atoms with Crippen LogP contribution in [0, 0.1) is 0 Å². The molecule has 0 spiro atoms. The zero-order valence-corrected chi connectivity index (χ0v) is 37.8. The summed E-state index contributed by atoms with van der Waals surface area (Å²) < 4.78 is 5.89. The molecule has 0 aromatic carbocycles. The number of aliphatic hydroxyl groups is 2. The summed E-state index contributed by atoms with van der Waals surface area (Å²) in [7, 11) is 0. The summed E-state index contributed by atoms with van der Waals surface area (Å²) in [6.45, 7) is 6.47. The maximum absolute atomic E-state index is 13.1. The number of unbranched alkanes of at least 4 members (excludes halogenated alkanes) is 31. The molecule has 0 aliphatic rings. The number of carbonyl (C=O) groups excluding carboxylic acids is 2. The van der Waals surface area contributed by atoms with Gasteiger partial charge in [-0.25, -0.2) is 0 Å². The molecule has 0 heterocycles. The van der Waals surface area contributed by atoms with E-state index in [9.17, 15) is 19.8 Å². The quantitative estimate of drug-likeness (QED) is 0.0324. The molecule has 0 saturated carbocycles. The second kappa shape index (κ2) is 44.7. The highest BCUT2D eigenvalue weighted by Crippen LogP contribution is 2.18. The number of rotatable bonds is 45. The zero-order valence-electron chi connectivity index (χ0n) is 37.8. The lowest BCUT2D eigenvalue weighted by Crippen LogP contribution is -2.46. The first-order valence-corrected chi connectivity index (χ1v) is 24.9. The lowest BCUT2D eigenvalue weighted by Gasteiger charge is -2.24. The van der Waals surface area contributed by atoms with Crippen LogP contribution in [0.4, 0.5) is 0 Å². The Morgan fingerprint density at radius 2 is 0.875 bits per heavy atom. The standard InChI is InChI=1S/C50H97NO5/c1-4-7-10-13-16-19-22-23-24-25-28-30-33-36-39-42-48(53)47(45-52)51-49(54)44-46(41-38-35-32-29-26-20-17-14-11-8-5-2)56-50(55)43-40-37-34-31-27-21-18-15-12-9-6-3/h29,32,46-48,52-53H,4-28,30-31,33-45H2,1-3H3,(H,51,54)/b32-29-. The monoisotopic (exact) mass is 792 g/mol. The Morgan fingerprint density at radius 1 is 0.500 bits per heavy atom. The van der Waals surface area contributed by atoms with Crippen molar-refractivity contribution >= 4 is 11.9 Å². The molecule has 0 aliphatic heterocycles. The van der Waals surface area contributed by atoms with Crippen molar-refractivity contribution in [1.29, 1.82) is 0 Å². The lowest BCUT2D eigenvalue weighted by atomic mass is 10.0. The molecule has 6 heteroatoms. The van der Waals surface area contributed by atoms with Gasteiger partial charge in [0.2, 0.25) is 5.91 Å². The van der Waals surface area contributed by atoms with Crippen molar-refractivity contribution in [1.82, 2.24) is 5.32 Å². The van der Waals surface area contributed by atoms with Crippen molar-refractivity contribution in [3.8, 4) is 0 Å². The summed E-state index contributed by atoms with van der Waals surface area (Å²) >= 11 is 0. The van der Waals surface area contributed by atoms with E-state index in [1.807, 2.05) is 0 Å². The van der Waals surface area contributed by atoms with Crippen LogP contribution in [0.2, 0.25) is 0 Å². The molecule has 0 radical (unpaired) electrons. The average molecular weight is 792 g/mol. The van der Waals surface area contributed by atoms with Crippen molar-refractivity contribution in [2.75, 3.05) is 6.61 Å². The molecule has 0 aromatic rings. The Balaban J connectivity index is 4.50. The van der Waals surface area contributed by atoms with E-state index in [0.29, 0.717) is 19.3 Å². The molecular weight excluding hydrogens is 695 g/mol. The van der Waals surface area contributed by atoms with Crippen LogP contribution in [0.1, 0.15) is 271 Å². The number of allylic oxidation sites excluding steroid dienone is 2. The van der Waals surface area contributed by atoms with Gasteiger partial charge in [-0.2, -0.15) is 0 Å². The first kappa shape index (κ1) is 54.6. The number of nitrogens with one attached hydrogen (secondary N) is 1. The number of hydrogen-bond donors (Lipinski definition) is 3. The number of hydrogen-bond acceptors (Lipinski definition) is 5.